The number of ether oxygens (including phenoxy) is 1. The molecule has 28 heavy (non-hydrogen) atoms. The largest absolute Gasteiger partial charge is 0.462 e. The van der Waals surface area contributed by atoms with Crippen molar-refractivity contribution in [3.8, 4) is 0 Å². The van der Waals surface area contributed by atoms with Crippen LogP contribution in [0.2, 0.25) is 0 Å². The van der Waals surface area contributed by atoms with Crippen LogP contribution >= 0.6 is 0 Å². The number of carbonyl (C=O) groups is 2. The van der Waals surface area contributed by atoms with Gasteiger partial charge >= 0.3 is 5.97 Å². The van der Waals surface area contributed by atoms with Gasteiger partial charge in [-0.1, -0.05) is 19.4 Å². The van der Waals surface area contributed by atoms with Gasteiger partial charge in [-0.3, -0.25) is 9.59 Å². The Labute approximate surface area is 169 Å². The van der Waals surface area contributed by atoms with Crippen LogP contribution in [0.3, 0.4) is 0 Å². The quantitative estimate of drug-likeness (QED) is 0.558. The summed E-state index contributed by atoms with van der Waals surface area (Å²) in [6.07, 6.45) is 11.2. The minimum Gasteiger partial charge on any atom is -0.462 e. The van der Waals surface area contributed by atoms with E-state index < -0.39 is 0 Å². The number of unbranched alkanes of at least 4 members (excludes halogenated alkanes) is 1. The fourth-order valence-corrected chi connectivity index (χ4v) is 7.52. The van der Waals surface area contributed by atoms with Crippen LogP contribution < -0.4 is 0 Å². The molecule has 4 rings (SSSR count). The first-order valence-electron chi connectivity index (χ1n) is 11.5. The zero-order valence-electron chi connectivity index (χ0n) is 17.5. The van der Waals surface area contributed by atoms with E-state index in [1.165, 1.54) is 18.4 Å². The first kappa shape index (κ1) is 20.1. The smallest absolute Gasteiger partial charge is 0.306 e. The number of aliphatic hydroxyl groups is 1. The van der Waals surface area contributed by atoms with Crippen molar-refractivity contribution in [3.63, 3.8) is 0 Å². The number of hydrogen-bond acceptors (Lipinski definition) is 4. The molecule has 0 aromatic carbocycles. The lowest BCUT2D eigenvalue weighted by atomic mass is 9.49. The van der Waals surface area contributed by atoms with Crippen molar-refractivity contribution < 1.29 is 19.4 Å². The summed E-state index contributed by atoms with van der Waals surface area (Å²) in [6, 6.07) is 0. The van der Waals surface area contributed by atoms with Gasteiger partial charge in [0.15, 0.2) is 5.78 Å². The third kappa shape index (κ3) is 3.46. The van der Waals surface area contributed by atoms with Gasteiger partial charge in [0.2, 0.25) is 0 Å². The van der Waals surface area contributed by atoms with Crippen molar-refractivity contribution >= 4 is 11.8 Å². The van der Waals surface area contributed by atoms with Crippen molar-refractivity contribution in [1.82, 2.24) is 0 Å². The van der Waals surface area contributed by atoms with Gasteiger partial charge in [0.1, 0.15) is 6.10 Å². The molecule has 0 bridgehead atoms. The fourth-order valence-electron chi connectivity index (χ4n) is 7.52. The summed E-state index contributed by atoms with van der Waals surface area (Å²) in [4.78, 5) is 24.2. The number of carbonyl (C=O) groups excluding carboxylic acids is 2. The minimum atomic E-state index is -0.0882. The van der Waals surface area contributed by atoms with Crippen LogP contribution in [-0.4, -0.2) is 29.6 Å². The highest BCUT2D eigenvalue weighted by Gasteiger charge is 2.59. The van der Waals surface area contributed by atoms with E-state index >= 15 is 0 Å². The Kier molecular flexibility index (Phi) is 5.70. The third-order valence-electron chi connectivity index (χ3n) is 8.57. The Hall–Kier alpha value is -1.16. The van der Waals surface area contributed by atoms with E-state index in [2.05, 4.69) is 13.8 Å². The topological polar surface area (TPSA) is 63.6 Å². The van der Waals surface area contributed by atoms with Crippen molar-refractivity contribution in [1.29, 1.82) is 0 Å². The molecular weight excluding hydrogens is 352 g/mol. The lowest BCUT2D eigenvalue weighted by Crippen LogP contribution is -2.51. The van der Waals surface area contributed by atoms with E-state index in [9.17, 15) is 9.59 Å². The summed E-state index contributed by atoms with van der Waals surface area (Å²) >= 11 is 0. The number of aliphatic hydroxyl groups excluding tert-OH is 1. The van der Waals surface area contributed by atoms with Gasteiger partial charge in [-0.25, -0.2) is 0 Å². The molecule has 0 aromatic heterocycles. The third-order valence-corrected chi connectivity index (χ3v) is 8.57. The van der Waals surface area contributed by atoms with Crippen LogP contribution in [0.5, 0.6) is 0 Å². The lowest BCUT2D eigenvalue weighted by Gasteiger charge is -2.56. The molecule has 156 valence electrons. The van der Waals surface area contributed by atoms with Gasteiger partial charge in [-0.2, -0.15) is 0 Å². The minimum absolute atomic E-state index is 0.0485. The van der Waals surface area contributed by atoms with Crippen molar-refractivity contribution in [2.45, 2.75) is 84.2 Å². The summed E-state index contributed by atoms with van der Waals surface area (Å²) < 4.78 is 6.00. The summed E-state index contributed by atoms with van der Waals surface area (Å²) in [5.41, 5.74) is 1.52. The zero-order valence-corrected chi connectivity index (χ0v) is 17.5. The van der Waals surface area contributed by atoms with Gasteiger partial charge in [0.25, 0.3) is 0 Å². The molecule has 0 saturated heterocycles. The monoisotopic (exact) mass is 388 g/mol. The molecule has 7 atom stereocenters. The molecule has 0 heterocycles. The molecule has 4 aliphatic rings. The molecule has 0 aromatic rings. The molecule has 0 amide bonds. The van der Waals surface area contributed by atoms with E-state index in [0.29, 0.717) is 54.6 Å². The summed E-state index contributed by atoms with van der Waals surface area (Å²) in [6.45, 7) is 4.91. The lowest BCUT2D eigenvalue weighted by molar-refractivity contribution is -0.161. The zero-order chi connectivity index (χ0) is 19.9. The summed E-state index contributed by atoms with van der Waals surface area (Å²) in [5, 5.41) is 8.92. The molecule has 4 heteroatoms. The number of allylic oxidation sites excluding steroid dienone is 1. The highest BCUT2D eigenvalue weighted by Crippen LogP contribution is 2.64. The maximum absolute atomic E-state index is 12.3. The van der Waals surface area contributed by atoms with Gasteiger partial charge in [-0.15, -0.1) is 0 Å². The molecule has 4 nitrogen and oxygen atoms in total. The highest BCUT2D eigenvalue weighted by atomic mass is 16.5. The summed E-state index contributed by atoms with van der Waals surface area (Å²) in [7, 11) is 0. The SMILES string of the molecule is CC1CC2(C)C(OC(=O)CCCCO)CCC2C2CCC3=CC(=O)CCC3C12. The highest BCUT2D eigenvalue weighted by molar-refractivity contribution is 5.91. The Balaban J connectivity index is 1.48. The predicted octanol–water partition coefficient (Wildman–Crippen LogP) is 4.45. The number of ketones is 1. The van der Waals surface area contributed by atoms with Crippen molar-refractivity contribution in [3.05, 3.63) is 11.6 Å². The van der Waals surface area contributed by atoms with E-state index in [-0.39, 0.29) is 24.1 Å². The second-order valence-corrected chi connectivity index (χ2v) is 10.1. The van der Waals surface area contributed by atoms with Crippen molar-refractivity contribution in [2.24, 2.45) is 35.0 Å². The number of rotatable bonds is 5. The first-order valence-corrected chi connectivity index (χ1v) is 11.5. The van der Waals surface area contributed by atoms with Crippen LogP contribution in [0.25, 0.3) is 0 Å². The molecule has 0 aliphatic heterocycles. The second-order valence-electron chi connectivity index (χ2n) is 10.1. The first-order chi connectivity index (χ1) is 13.4. The van der Waals surface area contributed by atoms with Crippen molar-refractivity contribution in [2.75, 3.05) is 6.61 Å². The van der Waals surface area contributed by atoms with Gasteiger partial charge in [0.05, 0.1) is 0 Å². The maximum atomic E-state index is 12.3. The molecular formula is C24H36O4. The van der Waals surface area contributed by atoms with Crippen LogP contribution in [0.4, 0.5) is 0 Å². The normalized spacial score (nSPS) is 42.2. The Morgan fingerprint density at radius 2 is 2.04 bits per heavy atom. The number of esters is 1. The second kappa shape index (κ2) is 7.93. The Morgan fingerprint density at radius 3 is 2.82 bits per heavy atom. The average Bonchev–Trinajstić information content (AvgIpc) is 2.97. The fraction of sp³-hybridized carbons (Fsp3) is 0.833. The molecule has 0 spiro atoms. The van der Waals surface area contributed by atoms with Gasteiger partial charge < -0.3 is 9.84 Å². The molecule has 1 N–H and O–H groups in total. The molecule has 7 unspecified atom stereocenters. The average molecular weight is 389 g/mol. The van der Waals surface area contributed by atoms with Gasteiger partial charge in [0, 0.05) is 24.9 Å². The number of fused-ring (bicyclic) bond motifs is 5. The van der Waals surface area contributed by atoms with E-state index in [1.807, 2.05) is 6.08 Å². The van der Waals surface area contributed by atoms with Crippen LogP contribution in [0.15, 0.2) is 11.6 Å². The van der Waals surface area contributed by atoms with Gasteiger partial charge in [-0.05, 0) is 87.0 Å². The van der Waals surface area contributed by atoms with E-state index in [4.69, 9.17) is 9.84 Å². The van der Waals surface area contributed by atoms with Crippen LogP contribution in [-0.2, 0) is 14.3 Å². The standard InChI is InChI=1S/C24H36O4/c1-15-14-24(2)20(10-11-21(24)28-22(27)5-3-4-12-25)19-8-6-16-13-17(26)7-9-18(16)23(15)19/h13,15,18-21,23,25H,3-12,14H2,1-2H3. The van der Waals surface area contributed by atoms with Crippen LogP contribution in [0.1, 0.15) is 78.1 Å². The van der Waals surface area contributed by atoms with Crippen LogP contribution in [0, 0.1) is 35.0 Å². The molecule has 3 saturated carbocycles. The summed E-state index contributed by atoms with van der Waals surface area (Å²) in [5.74, 6) is 3.51. The van der Waals surface area contributed by atoms with E-state index in [1.54, 1.807) is 0 Å². The molecule has 4 aliphatic carbocycles. The maximum Gasteiger partial charge on any atom is 0.306 e. The molecule has 0 radical (unpaired) electrons. The Bertz CT molecular complexity index is 653. The predicted molar refractivity (Wildman–Crippen MR) is 107 cm³/mol. The van der Waals surface area contributed by atoms with E-state index in [0.717, 1.165) is 32.1 Å². The number of hydrogen-bond donors (Lipinski definition) is 1. The Morgan fingerprint density at radius 1 is 1.21 bits per heavy atom. The molecule has 3 fully saturated rings.